The van der Waals surface area contributed by atoms with Crippen molar-refractivity contribution in [2.75, 3.05) is 32.6 Å². The van der Waals surface area contributed by atoms with Crippen molar-refractivity contribution >= 4 is 19.4 Å². The summed E-state index contributed by atoms with van der Waals surface area (Å²) in [6.07, 6.45) is 1.31. The van der Waals surface area contributed by atoms with Crippen molar-refractivity contribution in [2.45, 2.75) is 39.7 Å². The molecule has 0 aliphatic carbocycles. The van der Waals surface area contributed by atoms with Crippen LogP contribution in [0.4, 0.5) is 0 Å². The molecule has 0 aromatic carbocycles. The highest BCUT2D eigenvalue weighted by Crippen LogP contribution is 2.48. The van der Waals surface area contributed by atoms with Crippen LogP contribution in [0.1, 0.15) is 33.6 Å². The van der Waals surface area contributed by atoms with Gasteiger partial charge in [-0.2, -0.15) is 0 Å². The lowest BCUT2D eigenvalue weighted by Gasteiger charge is -2.33. The highest BCUT2D eigenvalue weighted by molar-refractivity contribution is 7.53. The van der Waals surface area contributed by atoms with Crippen LogP contribution in [-0.4, -0.2) is 55.3 Å². The molecule has 1 heterocycles. The maximum absolute atomic E-state index is 12.6. The molecular weight excluding hydrogens is 321 g/mol. The molecule has 9 heteroatoms. The fraction of sp³-hybridized carbons (Fsp3) is 0.857. The molecule has 1 rings (SSSR count). The lowest BCUT2D eigenvalue weighted by Crippen LogP contribution is -2.49. The highest BCUT2D eigenvalue weighted by atomic mass is 31.2. The van der Waals surface area contributed by atoms with Crippen molar-refractivity contribution in [1.29, 1.82) is 0 Å². The first kappa shape index (κ1) is 20.1. The van der Waals surface area contributed by atoms with Crippen molar-refractivity contribution in [2.24, 2.45) is 11.7 Å². The summed E-state index contributed by atoms with van der Waals surface area (Å²) < 4.78 is 23.1. The fourth-order valence-electron chi connectivity index (χ4n) is 2.70. The molecule has 3 N–H and O–H groups in total. The zero-order valence-electron chi connectivity index (χ0n) is 14.1. The van der Waals surface area contributed by atoms with Gasteiger partial charge in [-0.15, -0.1) is 0 Å². The van der Waals surface area contributed by atoms with Crippen molar-refractivity contribution in [3.05, 3.63) is 0 Å². The van der Waals surface area contributed by atoms with E-state index in [-0.39, 0.29) is 37.4 Å². The molecule has 134 valence electrons. The summed E-state index contributed by atoms with van der Waals surface area (Å²) in [6, 6.07) is -0.381. The van der Waals surface area contributed by atoms with E-state index in [1.807, 2.05) is 0 Å². The summed E-state index contributed by atoms with van der Waals surface area (Å²) >= 11 is 0. The first-order chi connectivity index (χ1) is 10.8. The molecule has 0 unspecified atom stereocenters. The van der Waals surface area contributed by atoms with E-state index in [9.17, 15) is 14.2 Å². The number of nitrogens with one attached hydrogen (secondary N) is 1. The molecule has 1 aliphatic heterocycles. The van der Waals surface area contributed by atoms with Gasteiger partial charge in [-0.1, -0.05) is 0 Å². The smallest absolute Gasteiger partial charge is 0.349 e. The second-order valence-corrected chi connectivity index (χ2v) is 7.65. The van der Waals surface area contributed by atoms with E-state index >= 15 is 0 Å². The van der Waals surface area contributed by atoms with E-state index in [1.54, 1.807) is 13.8 Å². The third-order valence-corrected chi connectivity index (χ3v) is 5.77. The van der Waals surface area contributed by atoms with E-state index < -0.39 is 13.5 Å². The quantitative estimate of drug-likeness (QED) is 0.599. The fourth-order valence-corrected chi connectivity index (χ4v) is 4.46. The molecule has 0 bridgehead atoms. The van der Waals surface area contributed by atoms with Crippen LogP contribution in [0.5, 0.6) is 0 Å². The Hall–Kier alpha value is -0.950. The lowest BCUT2D eigenvalue weighted by molar-refractivity contribution is -0.129. The monoisotopic (exact) mass is 349 g/mol. The molecule has 0 spiro atoms. The van der Waals surface area contributed by atoms with E-state index in [1.165, 1.54) is 11.8 Å². The van der Waals surface area contributed by atoms with Crippen LogP contribution in [-0.2, 0) is 23.2 Å². The number of amides is 2. The third kappa shape index (κ3) is 6.59. The van der Waals surface area contributed by atoms with Crippen LogP contribution in [0, 0.1) is 5.92 Å². The zero-order chi connectivity index (χ0) is 17.5. The average molecular weight is 349 g/mol. The lowest BCUT2D eigenvalue weighted by atomic mass is 9.91. The molecule has 0 aromatic rings. The van der Waals surface area contributed by atoms with Gasteiger partial charge in [0.1, 0.15) is 6.29 Å². The number of piperidine rings is 1. The standard InChI is InChI=1S/C14H28N3O5P/c1-4-21-23(20,22-5-2)10-17(11(3)18)9-12-6-7-16-13(8-12)14(15)19/h12-13,16H,4-10H2,1-3H3,(H2,15,19)/t12-,13+/m1/s1. The minimum atomic E-state index is -3.33. The second-order valence-electron chi connectivity index (χ2n) is 5.63. The zero-order valence-corrected chi connectivity index (χ0v) is 15.0. The maximum atomic E-state index is 12.6. The molecular formula is C14H28N3O5P. The van der Waals surface area contributed by atoms with Gasteiger partial charge in [0, 0.05) is 13.5 Å². The van der Waals surface area contributed by atoms with Gasteiger partial charge in [0.05, 0.1) is 19.3 Å². The molecule has 0 saturated carbocycles. The summed E-state index contributed by atoms with van der Waals surface area (Å²) in [4.78, 5) is 24.7. The second kappa shape index (κ2) is 9.37. The highest BCUT2D eigenvalue weighted by Gasteiger charge is 2.32. The van der Waals surface area contributed by atoms with Gasteiger partial charge in [0.2, 0.25) is 11.8 Å². The Labute approximate surface area is 137 Å². The van der Waals surface area contributed by atoms with Crippen LogP contribution in [0.15, 0.2) is 0 Å². The third-order valence-electron chi connectivity index (χ3n) is 3.78. The Morgan fingerprint density at radius 2 is 1.91 bits per heavy atom. The van der Waals surface area contributed by atoms with Gasteiger partial charge in [-0.3, -0.25) is 14.2 Å². The first-order valence-electron chi connectivity index (χ1n) is 7.97. The molecule has 0 radical (unpaired) electrons. The van der Waals surface area contributed by atoms with Gasteiger partial charge in [-0.05, 0) is 39.2 Å². The predicted molar refractivity (Wildman–Crippen MR) is 86.8 cm³/mol. The summed E-state index contributed by atoms with van der Waals surface area (Å²) in [6.45, 7) is 6.46. The van der Waals surface area contributed by atoms with Crippen molar-refractivity contribution < 1.29 is 23.2 Å². The van der Waals surface area contributed by atoms with Crippen molar-refractivity contribution in [3.8, 4) is 0 Å². The van der Waals surface area contributed by atoms with Gasteiger partial charge in [-0.25, -0.2) is 0 Å². The minimum Gasteiger partial charge on any atom is -0.368 e. The molecule has 23 heavy (non-hydrogen) atoms. The molecule has 8 nitrogen and oxygen atoms in total. The van der Waals surface area contributed by atoms with Gasteiger partial charge in [0.15, 0.2) is 0 Å². The van der Waals surface area contributed by atoms with Gasteiger partial charge < -0.3 is 25.0 Å². The van der Waals surface area contributed by atoms with Gasteiger partial charge in [0.25, 0.3) is 0 Å². The Bertz CT molecular complexity index is 450. The Morgan fingerprint density at radius 1 is 1.30 bits per heavy atom. The predicted octanol–water partition coefficient (Wildman–Crippen LogP) is 0.912. The van der Waals surface area contributed by atoms with E-state index in [2.05, 4.69) is 5.32 Å². The largest absolute Gasteiger partial charge is 0.368 e. The van der Waals surface area contributed by atoms with E-state index in [4.69, 9.17) is 14.8 Å². The number of hydrogen-bond acceptors (Lipinski definition) is 6. The van der Waals surface area contributed by atoms with Crippen LogP contribution >= 0.6 is 7.60 Å². The number of nitrogens with two attached hydrogens (primary N) is 1. The Morgan fingerprint density at radius 3 is 2.39 bits per heavy atom. The molecule has 1 fully saturated rings. The number of nitrogens with zero attached hydrogens (tertiary/aromatic N) is 1. The Balaban J connectivity index is 2.72. The number of primary amides is 1. The van der Waals surface area contributed by atoms with E-state index in [0.717, 1.165) is 6.42 Å². The summed E-state index contributed by atoms with van der Waals surface area (Å²) in [5.74, 6) is -0.466. The minimum absolute atomic E-state index is 0.0742. The van der Waals surface area contributed by atoms with Crippen LogP contribution < -0.4 is 11.1 Å². The summed E-state index contributed by atoms with van der Waals surface area (Å²) in [5.41, 5.74) is 5.33. The van der Waals surface area contributed by atoms with Crippen molar-refractivity contribution in [3.63, 3.8) is 0 Å². The molecule has 1 aliphatic rings. The van der Waals surface area contributed by atoms with E-state index in [0.29, 0.717) is 19.5 Å². The molecule has 0 aromatic heterocycles. The SMILES string of the molecule is CCOP(=O)(CN(C[C@@H]1CCN[C@H](C(N)=O)C1)C(C)=O)OCC. The number of carbonyl (C=O) groups excluding carboxylic acids is 2. The normalized spacial score (nSPS) is 21.9. The van der Waals surface area contributed by atoms with Crippen molar-refractivity contribution in [1.82, 2.24) is 10.2 Å². The first-order valence-corrected chi connectivity index (χ1v) is 9.70. The maximum Gasteiger partial charge on any atom is 0.349 e. The van der Waals surface area contributed by atoms with Gasteiger partial charge >= 0.3 is 7.60 Å². The molecule has 1 saturated heterocycles. The molecule has 2 atom stereocenters. The topological polar surface area (TPSA) is 111 Å². The number of carbonyl (C=O) groups is 2. The Kier molecular flexibility index (Phi) is 8.19. The summed E-state index contributed by atoms with van der Waals surface area (Å²) in [5, 5.41) is 3.06. The average Bonchev–Trinajstić information content (AvgIpc) is 2.47. The molecule has 2 amide bonds. The van der Waals surface area contributed by atoms with Crippen LogP contribution in [0.3, 0.4) is 0 Å². The number of rotatable bonds is 9. The van der Waals surface area contributed by atoms with Crippen LogP contribution in [0.25, 0.3) is 0 Å². The van der Waals surface area contributed by atoms with Crippen LogP contribution in [0.2, 0.25) is 0 Å². The number of hydrogen-bond donors (Lipinski definition) is 2. The summed E-state index contributed by atoms with van der Waals surface area (Å²) in [7, 11) is -3.33.